The molecule has 0 amide bonds. The lowest BCUT2D eigenvalue weighted by molar-refractivity contribution is 0.306. The number of anilines is 1. The number of nitrogens with one attached hydrogen (secondary N) is 1. The third-order valence-electron chi connectivity index (χ3n) is 6.06. The van der Waals surface area contributed by atoms with Crippen molar-refractivity contribution >= 4 is 23.4 Å². The Kier molecular flexibility index (Phi) is 6.65. The molecule has 1 aliphatic carbocycles. The molecule has 4 rings (SSSR count). The van der Waals surface area contributed by atoms with Crippen LogP contribution >= 0.6 is 0 Å². The third kappa shape index (κ3) is 5.17. The second-order valence-electron chi connectivity index (χ2n) is 8.71. The predicted octanol–water partition coefficient (Wildman–Crippen LogP) is 3.21. The van der Waals surface area contributed by atoms with Gasteiger partial charge in [-0.2, -0.15) is 0 Å². The van der Waals surface area contributed by atoms with Crippen molar-refractivity contribution in [2.75, 3.05) is 19.3 Å². The van der Waals surface area contributed by atoms with Crippen molar-refractivity contribution in [2.24, 2.45) is 22.4 Å². The van der Waals surface area contributed by atoms with E-state index in [9.17, 15) is 4.39 Å². The van der Waals surface area contributed by atoms with Crippen LogP contribution in [0.2, 0.25) is 0 Å². The van der Waals surface area contributed by atoms with E-state index in [0.717, 1.165) is 29.0 Å². The number of nitrogens with zero attached hydrogens (tertiary/aromatic N) is 2. The Morgan fingerprint density at radius 1 is 1.30 bits per heavy atom. The van der Waals surface area contributed by atoms with Gasteiger partial charge in [0.2, 0.25) is 0 Å². The molecule has 2 aromatic rings. The number of nitrogen functional groups attached to an aromatic ring is 1. The second-order valence-corrected chi connectivity index (χ2v) is 8.71. The summed E-state index contributed by atoms with van der Waals surface area (Å²) >= 11 is 0. The van der Waals surface area contributed by atoms with E-state index < -0.39 is 0 Å². The zero-order valence-corrected chi connectivity index (χ0v) is 19.1. The summed E-state index contributed by atoms with van der Waals surface area (Å²) in [5.41, 5.74) is 24.5. The van der Waals surface area contributed by atoms with Crippen LogP contribution in [0.3, 0.4) is 0 Å². The van der Waals surface area contributed by atoms with Crippen LogP contribution < -0.4 is 27.3 Å². The molecule has 33 heavy (non-hydrogen) atoms. The Morgan fingerprint density at radius 2 is 2.09 bits per heavy atom. The average Bonchev–Trinajstić information content (AvgIpc) is 3.61. The molecule has 1 unspecified atom stereocenters. The number of aromatic nitrogens is 1. The summed E-state index contributed by atoms with van der Waals surface area (Å²) in [5.74, 6) is 0.978. The summed E-state index contributed by atoms with van der Waals surface area (Å²) in [6, 6.07) is 6.07. The zero-order valence-electron chi connectivity index (χ0n) is 19.1. The largest absolute Gasteiger partial charge is 0.485 e. The van der Waals surface area contributed by atoms with Gasteiger partial charge in [0.05, 0.1) is 0 Å². The number of fused-ring (bicyclic) bond motifs is 3. The van der Waals surface area contributed by atoms with Crippen molar-refractivity contribution in [2.45, 2.75) is 38.8 Å². The van der Waals surface area contributed by atoms with E-state index in [2.05, 4.69) is 15.3 Å². The highest BCUT2D eigenvalue weighted by atomic mass is 19.1. The fraction of sp³-hybridized carbons (Fsp3) is 0.360. The van der Waals surface area contributed by atoms with Crippen LogP contribution in [0, 0.1) is 11.7 Å². The molecular weight excluding hydrogens is 419 g/mol. The number of pyridine rings is 1. The Balaban J connectivity index is 1.94. The van der Waals surface area contributed by atoms with E-state index in [1.54, 1.807) is 25.5 Å². The third-order valence-corrected chi connectivity index (χ3v) is 6.06. The molecule has 8 heteroatoms. The van der Waals surface area contributed by atoms with Crippen LogP contribution in [-0.2, 0) is 6.61 Å². The molecule has 1 saturated carbocycles. The van der Waals surface area contributed by atoms with Gasteiger partial charge in [0, 0.05) is 66.6 Å². The van der Waals surface area contributed by atoms with Gasteiger partial charge in [-0.1, -0.05) is 0 Å². The topological polar surface area (TPSA) is 125 Å². The smallest absolute Gasteiger partial charge is 0.166 e. The van der Waals surface area contributed by atoms with Crippen molar-refractivity contribution in [1.29, 1.82) is 0 Å². The van der Waals surface area contributed by atoms with Gasteiger partial charge in [-0.15, -0.1) is 0 Å². The normalized spacial score (nSPS) is 20.0. The molecule has 1 aromatic carbocycles. The van der Waals surface area contributed by atoms with Crippen molar-refractivity contribution in [3.05, 3.63) is 64.1 Å². The summed E-state index contributed by atoms with van der Waals surface area (Å²) in [5, 5.41) is 3.60. The lowest BCUT2D eigenvalue weighted by Crippen LogP contribution is -2.26. The second kappa shape index (κ2) is 9.62. The average molecular weight is 451 g/mol. The van der Waals surface area contributed by atoms with E-state index in [1.165, 1.54) is 25.0 Å². The Bertz CT molecular complexity index is 1130. The first-order valence-corrected chi connectivity index (χ1v) is 11.2. The summed E-state index contributed by atoms with van der Waals surface area (Å²) in [6.07, 6.45) is 6.37. The molecule has 0 saturated heterocycles. The quantitative estimate of drug-likeness (QED) is 0.519. The molecule has 7 nitrogen and oxygen atoms in total. The van der Waals surface area contributed by atoms with E-state index in [1.807, 2.05) is 13.0 Å². The highest BCUT2D eigenvalue weighted by molar-refractivity contribution is 5.92. The molecule has 2 aliphatic rings. The van der Waals surface area contributed by atoms with Gasteiger partial charge in [-0.05, 0) is 61.1 Å². The summed E-state index contributed by atoms with van der Waals surface area (Å²) < 4.78 is 20.1. The summed E-state index contributed by atoms with van der Waals surface area (Å²) in [6.45, 7) is 2.89. The molecule has 1 aromatic heterocycles. The fourth-order valence-electron chi connectivity index (χ4n) is 4.00. The van der Waals surface area contributed by atoms with Gasteiger partial charge in [-0.25, -0.2) is 9.37 Å². The fourth-order valence-corrected chi connectivity index (χ4v) is 4.00. The molecule has 1 aliphatic heterocycles. The lowest BCUT2D eigenvalue weighted by atomic mass is 9.92. The minimum Gasteiger partial charge on any atom is -0.485 e. The van der Waals surface area contributed by atoms with E-state index >= 15 is 0 Å². The maximum Gasteiger partial charge on any atom is 0.166 e. The first-order valence-electron chi connectivity index (χ1n) is 11.2. The van der Waals surface area contributed by atoms with Crippen LogP contribution in [-0.4, -0.2) is 30.8 Å². The predicted molar refractivity (Wildman–Crippen MR) is 131 cm³/mol. The SMILES string of the molecule is CN=CC1=C(N)c2ccc(F)cc2COc2cc(cnc2N)/C(NCC2CC2)=C(/C(C)N)C1. The van der Waals surface area contributed by atoms with Crippen LogP contribution in [0.1, 0.15) is 42.9 Å². The number of ether oxygens (including phenoxy) is 1. The maximum absolute atomic E-state index is 14.1. The van der Waals surface area contributed by atoms with Crippen molar-refractivity contribution in [3.8, 4) is 5.75 Å². The first kappa shape index (κ1) is 22.8. The Labute approximate surface area is 193 Å². The number of halogens is 1. The number of allylic oxidation sites excluding steroid dienone is 1. The van der Waals surface area contributed by atoms with E-state index in [4.69, 9.17) is 21.9 Å². The zero-order chi connectivity index (χ0) is 23.5. The van der Waals surface area contributed by atoms with Crippen molar-refractivity contribution in [1.82, 2.24) is 10.3 Å². The van der Waals surface area contributed by atoms with Crippen LogP contribution in [0.4, 0.5) is 10.2 Å². The number of rotatable bonds is 5. The van der Waals surface area contributed by atoms with Gasteiger partial charge in [0.15, 0.2) is 11.6 Å². The first-order chi connectivity index (χ1) is 15.9. The van der Waals surface area contributed by atoms with Crippen molar-refractivity contribution < 1.29 is 9.13 Å². The van der Waals surface area contributed by atoms with Gasteiger partial charge in [0.1, 0.15) is 12.4 Å². The summed E-state index contributed by atoms with van der Waals surface area (Å²) in [7, 11) is 1.70. The monoisotopic (exact) mass is 450 g/mol. The standard InChI is InChI=1S/C25H31FN6O/c1-14(27)21-8-16(11-30-2)23(28)20-6-5-19(26)7-18(20)13-33-22-9-17(12-32-25(22)29)24(21)31-10-15-3-4-15/h5-7,9,11-12,14-15,31H,3-4,8,10,13,27-28H2,1-2H3,(H2,29,32)/b23-16?,24-21-,30-11?. The maximum atomic E-state index is 14.1. The van der Waals surface area contributed by atoms with Crippen molar-refractivity contribution in [3.63, 3.8) is 0 Å². The molecule has 0 radical (unpaired) electrons. The van der Waals surface area contributed by atoms with Gasteiger partial charge in [0.25, 0.3) is 0 Å². The molecule has 7 N–H and O–H groups in total. The molecule has 0 spiro atoms. The van der Waals surface area contributed by atoms with Gasteiger partial charge < -0.3 is 27.3 Å². The van der Waals surface area contributed by atoms with Gasteiger partial charge >= 0.3 is 0 Å². The molecule has 174 valence electrons. The van der Waals surface area contributed by atoms with Crippen LogP contribution in [0.5, 0.6) is 5.75 Å². The van der Waals surface area contributed by atoms with E-state index in [-0.39, 0.29) is 24.3 Å². The Morgan fingerprint density at radius 3 is 2.79 bits per heavy atom. The number of hydrogen-bond donors (Lipinski definition) is 4. The van der Waals surface area contributed by atoms with Gasteiger partial charge in [-0.3, -0.25) is 4.99 Å². The molecular formula is C25H31FN6O. The number of nitrogens with two attached hydrogens (primary N) is 3. The molecule has 1 atom stereocenters. The highest BCUT2D eigenvalue weighted by Crippen LogP contribution is 2.33. The number of aliphatic imine (C=N–C) groups is 1. The number of hydrogen-bond acceptors (Lipinski definition) is 7. The molecule has 2 heterocycles. The minimum atomic E-state index is -0.370. The molecule has 2 bridgehead atoms. The summed E-state index contributed by atoms with van der Waals surface area (Å²) in [4.78, 5) is 8.59. The highest BCUT2D eigenvalue weighted by Gasteiger charge is 2.24. The Hall–Kier alpha value is -3.39. The number of benzene rings is 1. The van der Waals surface area contributed by atoms with Crippen LogP contribution in [0.25, 0.3) is 11.4 Å². The molecule has 1 fully saturated rings. The van der Waals surface area contributed by atoms with E-state index in [0.29, 0.717) is 34.9 Å². The van der Waals surface area contributed by atoms with Crippen LogP contribution in [0.15, 0.2) is 46.6 Å². The minimum absolute atomic E-state index is 0.0916. The lowest BCUT2D eigenvalue weighted by Gasteiger charge is -2.23.